The average molecular weight is 1900 g/mol. The number of carbonyl (C=O) groups excluding carboxylic acids is 7. The standard InChI is InChI=1S/C35H35NO6.C33H31NO6.C31H27NO4.C21H17NO2/c1-23(2)34(37)41-18-17-39-22-27(40-19-20-42-35(38)24(3)4)21-36-30-15-13-25-9-5-7-11-28(25)32(30)33-29-12-8-6-10-26(29)14-16-31(33)36;1-3-30(35)39-18-17-37-22-25(38-19-20-40-31(36)4-2)21-34-28-15-13-23-9-5-7-11-26(23)32(28)33-27-12-8-6-10-24(27)14-16-29(33)34;1-19(2)30(33)35-18-23(36-31(34)20(3)4)17-32-26-15-13-21-9-5-7-11-24(21)28(26)29-25-12-8-6-10-22(25)14-16-27(29)32;1-2-20(23)24-14-13-22-18-10-6-5-9-17(18)21-16-8-4-3-7-15(16)11-12-19(21)22/h5-16,27H,1,3,17-22H2,2,4H3;3-16,25H,1-2,17-22H2;5-16,23H,1,3,17-18H2,2,4H3;2-12H,1,13-14H2. The molecule has 22 nitrogen and oxygen atoms in total. The van der Waals surface area contributed by atoms with Crippen LogP contribution in [0.4, 0.5) is 0 Å². The van der Waals surface area contributed by atoms with Gasteiger partial charge in [-0.1, -0.05) is 277 Å². The summed E-state index contributed by atoms with van der Waals surface area (Å²) in [6.07, 6.45) is 1.98. The van der Waals surface area contributed by atoms with E-state index < -0.39 is 41.9 Å². The number of aromatic nitrogens is 4. The van der Waals surface area contributed by atoms with Crippen LogP contribution in [0, 0.1) is 0 Å². The lowest BCUT2D eigenvalue weighted by molar-refractivity contribution is -0.154. The molecule has 3 unspecified atom stereocenters. The molecule has 19 aromatic rings. The van der Waals surface area contributed by atoms with Crippen LogP contribution in [0.15, 0.2) is 366 Å². The number of ether oxygens (including phenoxy) is 11. The van der Waals surface area contributed by atoms with Crippen molar-refractivity contribution in [2.24, 2.45) is 0 Å². The van der Waals surface area contributed by atoms with Gasteiger partial charge < -0.3 is 70.4 Å². The molecule has 718 valence electrons. The van der Waals surface area contributed by atoms with Crippen molar-refractivity contribution in [3.8, 4) is 0 Å². The summed E-state index contributed by atoms with van der Waals surface area (Å²) >= 11 is 0. The number of hydrogen-bond donors (Lipinski definition) is 0. The van der Waals surface area contributed by atoms with Gasteiger partial charge in [0.25, 0.3) is 0 Å². The van der Waals surface area contributed by atoms with E-state index in [1.54, 1.807) is 27.7 Å². The Balaban J connectivity index is 0.000000138. The first kappa shape index (κ1) is 98.7. The highest BCUT2D eigenvalue weighted by molar-refractivity contribution is 6.31. The number of esters is 7. The minimum atomic E-state index is -0.714. The van der Waals surface area contributed by atoms with Crippen LogP contribution in [0.5, 0.6) is 0 Å². The normalized spacial score (nSPS) is 12.0. The largest absolute Gasteiger partial charge is 0.461 e. The quantitative estimate of drug-likeness (QED) is 0.0152. The number of hydrogen-bond acceptors (Lipinski definition) is 18. The molecule has 22 heteroatoms. The van der Waals surface area contributed by atoms with Crippen molar-refractivity contribution in [3.63, 3.8) is 0 Å². The molecule has 4 aromatic heterocycles. The second-order valence-corrected chi connectivity index (χ2v) is 34.5. The van der Waals surface area contributed by atoms with E-state index in [1.165, 1.54) is 92.3 Å². The molecular formula is C120H110N4O18. The van der Waals surface area contributed by atoms with Gasteiger partial charge in [-0.05, 0) is 152 Å². The Hall–Kier alpha value is -16.4. The Morgan fingerprint density at radius 3 is 0.817 bits per heavy atom. The van der Waals surface area contributed by atoms with Crippen LogP contribution in [-0.2, 0) is 112 Å². The molecule has 0 spiro atoms. The Morgan fingerprint density at radius 1 is 0.246 bits per heavy atom. The molecule has 0 N–H and O–H groups in total. The lowest BCUT2D eigenvalue weighted by atomic mass is 10.00. The van der Waals surface area contributed by atoms with Crippen molar-refractivity contribution in [3.05, 3.63) is 366 Å². The van der Waals surface area contributed by atoms with Crippen LogP contribution >= 0.6 is 0 Å². The molecule has 0 fully saturated rings. The molecule has 0 aliphatic carbocycles. The minimum absolute atomic E-state index is 0.0902. The van der Waals surface area contributed by atoms with Gasteiger partial charge in [0.2, 0.25) is 0 Å². The van der Waals surface area contributed by atoms with E-state index in [-0.39, 0.29) is 102 Å². The fourth-order valence-corrected chi connectivity index (χ4v) is 18.3. The number of carbonyl (C=O) groups is 7. The van der Waals surface area contributed by atoms with E-state index in [0.717, 1.165) is 88.6 Å². The predicted molar refractivity (Wildman–Crippen MR) is 567 cm³/mol. The molecule has 0 amide bonds. The fraction of sp³-hybridized carbons (Fsp3) is 0.192. The van der Waals surface area contributed by atoms with Crippen LogP contribution in [0.3, 0.4) is 0 Å². The topological polar surface area (TPSA) is 241 Å². The Labute approximate surface area is 820 Å². The molecular weight excluding hydrogens is 1790 g/mol. The second kappa shape index (κ2) is 45.9. The van der Waals surface area contributed by atoms with E-state index in [0.29, 0.717) is 43.9 Å². The van der Waals surface area contributed by atoms with Gasteiger partial charge in [-0.25, -0.2) is 33.6 Å². The van der Waals surface area contributed by atoms with Crippen LogP contribution in [0.2, 0.25) is 0 Å². The van der Waals surface area contributed by atoms with Gasteiger partial charge in [0.05, 0.1) is 78.0 Å². The molecule has 0 saturated heterocycles. The van der Waals surface area contributed by atoms with Crippen molar-refractivity contribution >= 4 is 204 Å². The zero-order valence-electron chi connectivity index (χ0n) is 79.9. The molecule has 0 bridgehead atoms. The maximum Gasteiger partial charge on any atom is 0.333 e. The second-order valence-electron chi connectivity index (χ2n) is 34.5. The van der Waals surface area contributed by atoms with Crippen molar-refractivity contribution in [1.29, 1.82) is 0 Å². The third-order valence-corrected chi connectivity index (χ3v) is 24.8. The van der Waals surface area contributed by atoms with Gasteiger partial charge in [-0.2, -0.15) is 0 Å². The van der Waals surface area contributed by atoms with E-state index in [1.807, 2.05) is 30.3 Å². The number of rotatable bonds is 37. The molecule has 0 aliphatic rings. The highest BCUT2D eigenvalue weighted by Crippen LogP contribution is 2.44. The maximum absolute atomic E-state index is 12.4. The van der Waals surface area contributed by atoms with Crippen LogP contribution in [0.25, 0.3) is 163 Å². The Kier molecular flexibility index (Phi) is 31.9. The third-order valence-electron chi connectivity index (χ3n) is 24.8. The summed E-state index contributed by atoms with van der Waals surface area (Å²) in [6.45, 7) is 35.1. The van der Waals surface area contributed by atoms with E-state index >= 15 is 0 Å². The lowest BCUT2D eigenvalue weighted by Gasteiger charge is -2.20. The first-order valence-electron chi connectivity index (χ1n) is 47.0. The maximum atomic E-state index is 12.4. The van der Waals surface area contributed by atoms with E-state index in [9.17, 15) is 33.6 Å². The molecule has 0 aliphatic heterocycles. The lowest BCUT2D eigenvalue weighted by Crippen LogP contribution is -2.30. The summed E-state index contributed by atoms with van der Waals surface area (Å²) in [4.78, 5) is 82.2. The summed E-state index contributed by atoms with van der Waals surface area (Å²) < 4.78 is 69.8. The molecule has 4 heterocycles. The molecule has 15 aromatic carbocycles. The Bertz CT molecular complexity index is 7870. The molecule has 0 radical (unpaired) electrons. The number of benzene rings is 15. The van der Waals surface area contributed by atoms with Crippen molar-refractivity contribution < 1.29 is 85.7 Å². The average Bonchev–Trinajstić information content (AvgIpc) is 1.58. The SMILES string of the molecule is C=C(C)C(=O)OCC(Cn1c2ccc3ccccc3c2c2c3ccccc3ccc21)OC(=O)C(=C)C.C=C(C)C(=O)OCCOCC(Cn1c2ccc3ccccc3c2c2c3ccccc3ccc21)OCCOC(=O)C(=C)C.C=CC(=O)OCCOCC(Cn1c2ccc3ccccc3c2c2c3ccccc3ccc21)OCCOC(=O)C=C.C=CC(=O)OCCn1c2ccccc2c2c3ccccc3ccc21. The van der Waals surface area contributed by atoms with Gasteiger partial charge in [-0.15, -0.1) is 0 Å². The molecule has 0 saturated carbocycles. The zero-order chi connectivity index (χ0) is 99.5. The number of fused-ring (bicyclic) bond motifs is 26. The monoisotopic (exact) mass is 1890 g/mol. The van der Waals surface area contributed by atoms with Crippen LogP contribution in [0.1, 0.15) is 27.7 Å². The molecule has 19 rings (SSSR count). The first-order valence-corrected chi connectivity index (χ1v) is 47.0. The summed E-state index contributed by atoms with van der Waals surface area (Å²) in [5, 5.41) is 26.1. The summed E-state index contributed by atoms with van der Waals surface area (Å²) in [6, 6.07) is 97.0. The molecule has 3 atom stereocenters. The van der Waals surface area contributed by atoms with Gasteiger partial charge in [0.1, 0.15) is 39.6 Å². The third kappa shape index (κ3) is 22.2. The Morgan fingerprint density at radius 2 is 0.500 bits per heavy atom. The highest BCUT2D eigenvalue weighted by atomic mass is 16.6. The van der Waals surface area contributed by atoms with Gasteiger partial charge in [-0.3, -0.25) is 0 Å². The summed E-state index contributed by atoms with van der Waals surface area (Å²) in [5.41, 5.74) is 9.97. The number of nitrogens with zero attached hydrogens (tertiary/aromatic N) is 4. The number of para-hydroxylation sites is 1. The predicted octanol–water partition coefficient (Wildman–Crippen LogP) is 24.1. The van der Waals surface area contributed by atoms with Crippen LogP contribution in [-0.4, -0.2) is 158 Å². The van der Waals surface area contributed by atoms with Gasteiger partial charge in [0.15, 0.2) is 6.10 Å². The summed E-state index contributed by atoms with van der Waals surface area (Å²) in [7, 11) is 0. The van der Waals surface area contributed by atoms with E-state index in [4.69, 9.17) is 52.1 Å². The fourth-order valence-electron chi connectivity index (χ4n) is 18.3. The molecule has 142 heavy (non-hydrogen) atoms. The highest BCUT2D eigenvalue weighted by Gasteiger charge is 2.27. The first-order chi connectivity index (χ1) is 69.1. The van der Waals surface area contributed by atoms with E-state index in [2.05, 4.69) is 313 Å². The van der Waals surface area contributed by atoms with Gasteiger partial charge >= 0.3 is 41.8 Å². The van der Waals surface area contributed by atoms with Crippen molar-refractivity contribution in [2.75, 3.05) is 79.3 Å². The van der Waals surface area contributed by atoms with Crippen LogP contribution < -0.4 is 0 Å². The van der Waals surface area contributed by atoms with Gasteiger partial charge in [0, 0.05) is 128 Å². The van der Waals surface area contributed by atoms with Crippen molar-refractivity contribution in [1.82, 2.24) is 18.3 Å². The zero-order valence-corrected chi connectivity index (χ0v) is 79.9. The smallest absolute Gasteiger partial charge is 0.333 e. The minimum Gasteiger partial charge on any atom is -0.461 e. The summed E-state index contributed by atoms with van der Waals surface area (Å²) in [5.74, 6) is -3.33. The van der Waals surface area contributed by atoms with Crippen molar-refractivity contribution in [2.45, 2.75) is 72.2 Å².